The van der Waals surface area contributed by atoms with Gasteiger partial charge in [0, 0.05) is 17.3 Å². The van der Waals surface area contributed by atoms with Crippen LogP contribution < -0.4 is 10.0 Å². The first-order valence-electron chi connectivity index (χ1n) is 6.48. The maximum absolute atomic E-state index is 12.1. The number of nitrogens with zero attached hydrogens (tertiary/aromatic N) is 1. The summed E-state index contributed by atoms with van der Waals surface area (Å²) in [6, 6.07) is 5.46. The van der Waals surface area contributed by atoms with E-state index in [0.29, 0.717) is 5.69 Å². The average molecular weight is 371 g/mol. The third-order valence-corrected chi connectivity index (χ3v) is 4.73. The van der Waals surface area contributed by atoms with Gasteiger partial charge in [0.25, 0.3) is 10.0 Å². The predicted molar refractivity (Wildman–Crippen MR) is 86.4 cm³/mol. The predicted octanol–water partition coefficient (Wildman–Crippen LogP) is 0.984. The van der Waals surface area contributed by atoms with Gasteiger partial charge in [0.05, 0.1) is 4.90 Å². The van der Waals surface area contributed by atoms with Gasteiger partial charge in [0.2, 0.25) is 5.91 Å². The van der Waals surface area contributed by atoms with Crippen molar-refractivity contribution in [3.05, 3.63) is 35.8 Å². The number of benzene rings is 1. The molecule has 2 rings (SSSR count). The lowest BCUT2D eigenvalue weighted by Crippen LogP contribution is -2.20. The molecular weight excluding hydrogens is 358 g/mol. The maximum atomic E-state index is 12.1. The van der Waals surface area contributed by atoms with E-state index in [9.17, 15) is 18.0 Å². The van der Waals surface area contributed by atoms with Gasteiger partial charge in [-0.15, -0.1) is 11.3 Å². The number of hydrogen-bond acceptors (Lipinski definition) is 7. The lowest BCUT2D eigenvalue weighted by Gasteiger charge is -2.08. The zero-order valence-electron chi connectivity index (χ0n) is 12.1. The first kappa shape index (κ1) is 17.8. The minimum Gasteiger partial charge on any atom is -0.480 e. The number of rotatable bonds is 8. The van der Waals surface area contributed by atoms with E-state index in [4.69, 9.17) is 5.11 Å². The standard InChI is InChI=1S/C13H13N3O6S2/c17-11(7-22-8-12(18)19)15-9-1-3-10(4-2-9)24(20,21)16-13-14-5-6-23-13/h1-6H,7-8H2,(H,14,16)(H,15,17)(H,18,19). The second kappa shape index (κ2) is 7.86. The fraction of sp³-hybridized carbons (Fsp3) is 0.154. The number of hydrogen-bond donors (Lipinski definition) is 3. The third kappa shape index (κ3) is 5.30. The molecule has 0 aliphatic rings. The zero-order chi connectivity index (χ0) is 17.6. The molecule has 1 aromatic heterocycles. The Kier molecular flexibility index (Phi) is 5.84. The van der Waals surface area contributed by atoms with Crippen LogP contribution in [0.3, 0.4) is 0 Å². The Morgan fingerprint density at radius 2 is 1.92 bits per heavy atom. The minimum absolute atomic E-state index is 0.0119. The summed E-state index contributed by atoms with van der Waals surface area (Å²) in [5, 5.41) is 12.7. The number of amides is 1. The molecule has 0 saturated carbocycles. The molecule has 128 valence electrons. The summed E-state index contributed by atoms with van der Waals surface area (Å²) in [5.74, 6) is -1.72. The maximum Gasteiger partial charge on any atom is 0.329 e. The Morgan fingerprint density at radius 3 is 2.50 bits per heavy atom. The van der Waals surface area contributed by atoms with Crippen molar-refractivity contribution >= 4 is 44.1 Å². The molecule has 0 saturated heterocycles. The summed E-state index contributed by atoms with van der Waals surface area (Å²) in [4.78, 5) is 25.6. The average Bonchev–Trinajstić information content (AvgIpc) is 2.99. The number of anilines is 2. The van der Waals surface area contributed by atoms with E-state index in [1.807, 2.05) is 0 Å². The largest absolute Gasteiger partial charge is 0.480 e. The highest BCUT2D eigenvalue weighted by Crippen LogP contribution is 2.19. The van der Waals surface area contributed by atoms with Crippen molar-refractivity contribution < 1.29 is 27.9 Å². The van der Waals surface area contributed by atoms with Crippen molar-refractivity contribution in [1.29, 1.82) is 0 Å². The summed E-state index contributed by atoms with van der Waals surface area (Å²) in [6.45, 7) is -0.995. The fourth-order valence-corrected chi connectivity index (χ4v) is 3.38. The number of nitrogens with one attached hydrogen (secondary N) is 2. The van der Waals surface area contributed by atoms with Crippen molar-refractivity contribution in [3.8, 4) is 0 Å². The van der Waals surface area contributed by atoms with Crippen LogP contribution in [0, 0.1) is 0 Å². The molecule has 0 aliphatic carbocycles. The van der Waals surface area contributed by atoms with Gasteiger partial charge in [0.15, 0.2) is 5.13 Å². The highest BCUT2D eigenvalue weighted by atomic mass is 32.2. The van der Waals surface area contributed by atoms with Crippen LogP contribution in [0.25, 0.3) is 0 Å². The Balaban J connectivity index is 1.95. The molecule has 1 heterocycles. The number of sulfonamides is 1. The van der Waals surface area contributed by atoms with E-state index < -0.39 is 35.1 Å². The van der Waals surface area contributed by atoms with E-state index in [-0.39, 0.29) is 10.0 Å². The molecule has 0 atom stereocenters. The van der Waals surface area contributed by atoms with Crippen LogP contribution in [0.5, 0.6) is 0 Å². The van der Waals surface area contributed by atoms with Gasteiger partial charge in [0.1, 0.15) is 13.2 Å². The van der Waals surface area contributed by atoms with Gasteiger partial charge < -0.3 is 15.2 Å². The van der Waals surface area contributed by atoms with Gasteiger partial charge in [-0.1, -0.05) is 0 Å². The molecule has 1 aromatic carbocycles. The number of carbonyl (C=O) groups excluding carboxylic acids is 1. The van der Waals surface area contributed by atoms with Crippen LogP contribution >= 0.6 is 11.3 Å². The molecule has 3 N–H and O–H groups in total. The first-order valence-corrected chi connectivity index (χ1v) is 8.85. The number of aromatic nitrogens is 1. The second-order valence-electron chi connectivity index (χ2n) is 4.40. The van der Waals surface area contributed by atoms with Gasteiger partial charge >= 0.3 is 5.97 Å². The quantitative estimate of drug-likeness (QED) is 0.629. The van der Waals surface area contributed by atoms with Crippen molar-refractivity contribution in [1.82, 2.24) is 4.98 Å². The second-order valence-corrected chi connectivity index (χ2v) is 6.98. The monoisotopic (exact) mass is 371 g/mol. The van der Waals surface area contributed by atoms with Gasteiger partial charge in [-0.3, -0.25) is 9.52 Å². The minimum atomic E-state index is -3.76. The van der Waals surface area contributed by atoms with Crippen LogP contribution in [0.4, 0.5) is 10.8 Å². The van der Waals surface area contributed by atoms with E-state index >= 15 is 0 Å². The molecule has 0 spiro atoms. The molecule has 0 aliphatic heterocycles. The van der Waals surface area contributed by atoms with Crippen molar-refractivity contribution in [2.75, 3.05) is 23.3 Å². The number of ether oxygens (including phenoxy) is 1. The number of thiazole rings is 1. The number of aliphatic carboxylic acids is 1. The highest BCUT2D eigenvalue weighted by Gasteiger charge is 2.15. The van der Waals surface area contributed by atoms with E-state index in [1.54, 1.807) is 5.38 Å². The zero-order valence-corrected chi connectivity index (χ0v) is 13.8. The summed E-state index contributed by atoms with van der Waals surface area (Å²) in [5.41, 5.74) is 0.354. The molecule has 24 heavy (non-hydrogen) atoms. The SMILES string of the molecule is O=C(O)COCC(=O)Nc1ccc(S(=O)(=O)Nc2nccs2)cc1. The molecule has 0 radical (unpaired) electrons. The summed E-state index contributed by atoms with van der Waals surface area (Å²) < 4.78 is 31.2. The van der Waals surface area contributed by atoms with Gasteiger partial charge in [-0.25, -0.2) is 18.2 Å². The van der Waals surface area contributed by atoms with Crippen LogP contribution in [0.2, 0.25) is 0 Å². The van der Waals surface area contributed by atoms with Crippen LogP contribution in [0.1, 0.15) is 0 Å². The van der Waals surface area contributed by atoms with Gasteiger partial charge in [-0.05, 0) is 24.3 Å². The van der Waals surface area contributed by atoms with Gasteiger partial charge in [-0.2, -0.15) is 0 Å². The molecule has 9 nitrogen and oxygen atoms in total. The normalized spacial score (nSPS) is 11.0. The number of carboxylic acid groups (broad SMARTS) is 1. The van der Waals surface area contributed by atoms with E-state index in [1.165, 1.54) is 30.5 Å². The summed E-state index contributed by atoms with van der Waals surface area (Å²) >= 11 is 1.15. The summed E-state index contributed by atoms with van der Waals surface area (Å²) in [7, 11) is -3.76. The molecule has 0 bridgehead atoms. The Hall–Kier alpha value is -2.50. The van der Waals surface area contributed by atoms with Crippen LogP contribution in [-0.4, -0.2) is 43.6 Å². The number of carbonyl (C=O) groups is 2. The Bertz CT molecular complexity index is 803. The molecule has 2 aromatic rings. The molecule has 1 amide bonds. The first-order chi connectivity index (χ1) is 11.4. The fourth-order valence-electron chi connectivity index (χ4n) is 1.59. The van der Waals surface area contributed by atoms with Crippen molar-refractivity contribution in [3.63, 3.8) is 0 Å². The Morgan fingerprint density at radius 1 is 1.21 bits per heavy atom. The molecule has 11 heteroatoms. The van der Waals surface area contributed by atoms with Crippen LogP contribution in [-0.2, 0) is 24.3 Å². The lowest BCUT2D eigenvalue weighted by molar-refractivity contribution is -0.143. The summed E-state index contributed by atoms with van der Waals surface area (Å²) in [6.07, 6.45) is 1.48. The topological polar surface area (TPSA) is 135 Å². The smallest absolute Gasteiger partial charge is 0.329 e. The van der Waals surface area contributed by atoms with Crippen LogP contribution in [0.15, 0.2) is 40.7 Å². The Labute approximate surface area is 141 Å². The van der Waals surface area contributed by atoms with E-state index in [0.717, 1.165) is 11.3 Å². The third-order valence-electron chi connectivity index (χ3n) is 2.56. The molecule has 0 unspecified atom stereocenters. The number of carboxylic acids is 1. The molecular formula is C13H13N3O6S2. The van der Waals surface area contributed by atoms with E-state index in [2.05, 4.69) is 19.8 Å². The lowest BCUT2D eigenvalue weighted by atomic mass is 10.3. The highest BCUT2D eigenvalue weighted by molar-refractivity contribution is 7.93. The molecule has 0 fully saturated rings. The van der Waals surface area contributed by atoms with Crippen molar-refractivity contribution in [2.45, 2.75) is 4.90 Å². The van der Waals surface area contributed by atoms with Crippen molar-refractivity contribution in [2.24, 2.45) is 0 Å².